The average molecular weight is 278 g/mol. The molecule has 1 fully saturated rings. The minimum atomic E-state index is 0.185. The Bertz CT molecular complexity index is 517. The zero-order valence-electron chi connectivity index (χ0n) is 11.1. The number of nitrogens with one attached hydrogen (secondary N) is 1. The molecule has 0 aromatic carbocycles. The molecule has 1 aromatic heterocycles. The number of hydrogen-bond acceptors (Lipinski definition) is 4. The lowest BCUT2D eigenvalue weighted by Gasteiger charge is -2.31. The number of amides is 1. The van der Waals surface area contributed by atoms with Crippen molar-refractivity contribution in [3.63, 3.8) is 0 Å². The summed E-state index contributed by atoms with van der Waals surface area (Å²) in [6, 6.07) is 3.95. The van der Waals surface area contributed by atoms with E-state index in [-0.39, 0.29) is 11.9 Å². The van der Waals surface area contributed by atoms with Gasteiger partial charge in [0.05, 0.1) is 5.56 Å². The second kappa shape index (κ2) is 5.52. The zero-order chi connectivity index (χ0) is 14.0. The molecule has 0 radical (unpaired) electrons. The lowest BCUT2D eigenvalue weighted by atomic mass is 10.1. The molecule has 1 aromatic rings. The molecule has 0 saturated carbocycles. The summed E-state index contributed by atoms with van der Waals surface area (Å²) in [6.07, 6.45) is 1.36. The maximum absolute atomic E-state index is 11.5. The highest BCUT2D eigenvalue weighted by molar-refractivity contribution is 7.80. The third-order valence-electron chi connectivity index (χ3n) is 3.27. The maximum Gasteiger partial charge on any atom is 0.222 e. The molecule has 1 aliphatic heterocycles. The van der Waals surface area contributed by atoms with Crippen molar-refractivity contribution in [1.82, 2.24) is 9.88 Å². The smallest absolute Gasteiger partial charge is 0.222 e. The van der Waals surface area contributed by atoms with Crippen molar-refractivity contribution in [2.45, 2.75) is 25.8 Å². The van der Waals surface area contributed by atoms with Gasteiger partial charge in [0.1, 0.15) is 10.8 Å². The van der Waals surface area contributed by atoms with Crippen molar-refractivity contribution in [3.8, 4) is 0 Å². The van der Waals surface area contributed by atoms with Crippen LogP contribution < -0.4 is 11.1 Å². The van der Waals surface area contributed by atoms with Crippen LogP contribution in [-0.2, 0) is 4.79 Å². The number of aromatic nitrogens is 1. The number of pyridine rings is 1. The van der Waals surface area contributed by atoms with Crippen LogP contribution in [0.1, 0.15) is 24.1 Å². The third-order valence-corrected chi connectivity index (χ3v) is 3.49. The van der Waals surface area contributed by atoms with Gasteiger partial charge in [-0.3, -0.25) is 4.79 Å². The quantitative estimate of drug-likeness (QED) is 0.809. The molecular formula is C13H18N4OS. The number of likely N-dealkylation sites (N-methyl/N-ethyl adjacent to an activating group) is 1. The number of carbonyl (C=O) groups excluding carboxylic acids is 1. The Morgan fingerprint density at radius 3 is 2.95 bits per heavy atom. The number of thiocarbonyl (C=S) groups is 1. The highest BCUT2D eigenvalue weighted by atomic mass is 32.1. The van der Waals surface area contributed by atoms with Crippen LogP contribution in [0, 0.1) is 6.92 Å². The fourth-order valence-corrected chi connectivity index (χ4v) is 2.35. The van der Waals surface area contributed by atoms with Crippen molar-refractivity contribution in [2.75, 3.05) is 18.9 Å². The van der Waals surface area contributed by atoms with Gasteiger partial charge in [-0.05, 0) is 25.5 Å². The first-order valence-electron chi connectivity index (χ1n) is 6.25. The van der Waals surface area contributed by atoms with Gasteiger partial charge in [-0.25, -0.2) is 4.98 Å². The molecule has 1 atom stereocenters. The number of nitrogens with two attached hydrogens (primary N) is 1. The topological polar surface area (TPSA) is 71.2 Å². The number of rotatable bonds is 3. The van der Waals surface area contributed by atoms with Gasteiger partial charge in [-0.1, -0.05) is 12.2 Å². The molecule has 5 nitrogen and oxygen atoms in total. The Morgan fingerprint density at radius 1 is 1.58 bits per heavy atom. The van der Waals surface area contributed by atoms with Gasteiger partial charge in [-0.2, -0.15) is 0 Å². The van der Waals surface area contributed by atoms with Crippen LogP contribution in [0.4, 0.5) is 5.82 Å². The molecule has 102 valence electrons. The molecule has 1 saturated heterocycles. The summed E-state index contributed by atoms with van der Waals surface area (Å²) in [5.41, 5.74) is 7.36. The molecule has 2 rings (SSSR count). The van der Waals surface area contributed by atoms with E-state index in [1.807, 2.05) is 26.1 Å². The van der Waals surface area contributed by atoms with Crippen molar-refractivity contribution in [1.29, 1.82) is 0 Å². The molecule has 0 aliphatic carbocycles. The SMILES string of the molecule is Cc1ccc(C(N)=S)c(NC2CCC(=O)N(C)C2)n1. The van der Waals surface area contributed by atoms with E-state index < -0.39 is 0 Å². The lowest BCUT2D eigenvalue weighted by Crippen LogP contribution is -2.43. The van der Waals surface area contributed by atoms with Crippen LogP contribution in [0.25, 0.3) is 0 Å². The number of anilines is 1. The van der Waals surface area contributed by atoms with Gasteiger partial charge in [0.2, 0.25) is 5.91 Å². The van der Waals surface area contributed by atoms with Gasteiger partial charge >= 0.3 is 0 Å². The summed E-state index contributed by atoms with van der Waals surface area (Å²) in [5, 5.41) is 3.35. The van der Waals surface area contributed by atoms with Crippen molar-refractivity contribution in [2.24, 2.45) is 5.73 Å². The van der Waals surface area contributed by atoms with Gasteiger partial charge in [0.15, 0.2) is 0 Å². The zero-order valence-corrected chi connectivity index (χ0v) is 12.0. The largest absolute Gasteiger partial charge is 0.389 e. The third kappa shape index (κ3) is 3.20. The number of piperidine rings is 1. The molecule has 6 heteroatoms. The van der Waals surface area contributed by atoms with E-state index in [0.717, 1.165) is 17.7 Å². The fraction of sp³-hybridized carbons (Fsp3) is 0.462. The van der Waals surface area contributed by atoms with E-state index in [4.69, 9.17) is 18.0 Å². The second-order valence-corrected chi connectivity index (χ2v) is 5.31. The van der Waals surface area contributed by atoms with Gasteiger partial charge < -0.3 is 16.0 Å². The van der Waals surface area contributed by atoms with Crippen LogP contribution in [0.3, 0.4) is 0 Å². The molecule has 2 heterocycles. The van der Waals surface area contributed by atoms with E-state index in [0.29, 0.717) is 23.8 Å². The van der Waals surface area contributed by atoms with Crippen LogP contribution in [-0.4, -0.2) is 40.4 Å². The number of hydrogen-bond donors (Lipinski definition) is 2. The molecule has 19 heavy (non-hydrogen) atoms. The van der Waals surface area contributed by atoms with Gasteiger partial charge in [0.25, 0.3) is 0 Å². The second-order valence-electron chi connectivity index (χ2n) is 4.87. The van der Waals surface area contributed by atoms with Crippen molar-refractivity contribution < 1.29 is 4.79 Å². The summed E-state index contributed by atoms with van der Waals surface area (Å²) < 4.78 is 0. The predicted molar refractivity (Wildman–Crippen MR) is 79.1 cm³/mol. The molecule has 1 amide bonds. The summed E-state index contributed by atoms with van der Waals surface area (Å²) in [7, 11) is 1.81. The fourth-order valence-electron chi connectivity index (χ4n) is 2.19. The molecule has 0 spiro atoms. The monoisotopic (exact) mass is 278 g/mol. The Labute approximate surface area is 118 Å². The highest BCUT2D eigenvalue weighted by Crippen LogP contribution is 2.18. The molecular weight excluding hydrogens is 260 g/mol. The number of aryl methyl sites for hydroxylation is 1. The standard InChI is InChI=1S/C13H18N4OS/c1-8-3-5-10(12(14)19)13(15-8)16-9-4-6-11(18)17(2)7-9/h3,5,9H,4,6-7H2,1-2H3,(H2,14,19)(H,15,16). The Hall–Kier alpha value is -1.69. The lowest BCUT2D eigenvalue weighted by molar-refractivity contribution is -0.132. The van der Waals surface area contributed by atoms with Crippen molar-refractivity contribution in [3.05, 3.63) is 23.4 Å². The molecule has 1 unspecified atom stereocenters. The van der Waals surface area contributed by atoms with Crippen molar-refractivity contribution >= 4 is 28.9 Å². The first-order chi connectivity index (χ1) is 8.97. The normalized spacial score (nSPS) is 19.4. The van der Waals surface area contributed by atoms with E-state index >= 15 is 0 Å². The Morgan fingerprint density at radius 2 is 2.32 bits per heavy atom. The Kier molecular flexibility index (Phi) is 3.99. The van der Waals surface area contributed by atoms with Crippen LogP contribution in [0.5, 0.6) is 0 Å². The van der Waals surface area contributed by atoms with E-state index in [1.165, 1.54) is 0 Å². The van der Waals surface area contributed by atoms with Gasteiger partial charge in [0, 0.05) is 31.7 Å². The summed E-state index contributed by atoms with van der Waals surface area (Å²) in [6.45, 7) is 2.59. The minimum Gasteiger partial charge on any atom is -0.389 e. The first kappa shape index (κ1) is 13.7. The number of nitrogens with zero attached hydrogens (tertiary/aromatic N) is 2. The van der Waals surface area contributed by atoms with Crippen LogP contribution in [0.15, 0.2) is 12.1 Å². The molecule has 1 aliphatic rings. The highest BCUT2D eigenvalue weighted by Gasteiger charge is 2.23. The van der Waals surface area contributed by atoms with Crippen LogP contribution >= 0.6 is 12.2 Å². The first-order valence-corrected chi connectivity index (χ1v) is 6.66. The maximum atomic E-state index is 11.5. The summed E-state index contributed by atoms with van der Waals surface area (Å²) in [5.74, 6) is 0.894. The average Bonchev–Trinajstić information content (AvgIpc) is 2.33. The number of likely N-dealkylation sites (tertiary alicyclic amines) is 1. The molecule has 0 bridgehead atoms. The molecule has 3 N–H and O–H groups in total. The predicted octanol–water partition coefficient (Wildman–Crippen LogP) is 1.06. The summed E-state index contributed by atoms with van der Waals surface area (Å²) in [4.78, 5) is 18.0. The van der Waals surface area contributed by atoms with Gasteiger partial charge in [-0.15, -0.1) is 0 Å². The number of carbonyl (C=O) groups is 1. The van der Waals surface area contributed by atoms with E-state index in [1.54, 1.807) is 4.90 Å². The Balaban J connectivity index is 2.16. The van der Waals surface area contributed by atoms with E-state index in [9.17, 15) is 4.79 Å². The van der Waals surface area contributed by atoms with Crippen LogP contribution in [0.2, 0.25) is 0 Å². The van der Waals surface area contributed by atoms with E-state index in [2.05, 4.69) is 10.3 Å². The summed E-state index contributed by atoms with van der Waals surface area (Å²) >= 11 is 5.04. The minimum absolute atomic E-state index is 0.185.